The highest BCUT2D eigenvalue weighted by Crippen LogP contribution is 2.12. The second kappa shape index (κ2) is 6.12. The third-order valence-corrected chi connectivity index (χ3v) is 2.79. The van der Waals surface area contributed by atoms with Gasteiger partial charge in [-0.2, -0.15) is 0 Å². The number of nitrogens with one attached hydrogen (secondary N) is 1. The maximum Gasteiger partial charge on any atom is 0.123 e. The minimum absolute atomic E-state index is 0.115. The van der Waals surface area contributed by atoms with Crippen molar-refractivity contribution in [2.45, 2.75) is 33.2 Å². The molecular weight excluding hydrogens is 217 g/mol. The van der Waals surface area contributed by atoms with Gasteiger partial charge in [0.25, 0.3) is 0 Å². The zero-order valence-electron chi connectivity index (χ0n) is 10.8. The van der Waals surface area contributed by atoms with Crippen LogP contribution in [-0.2, 0) is 6.42 Å². The Kier molecular flexibility index (Phi) is 5.09. The number of aliphatic hydroxyl groups excluding tert-OH is 1. The molecule has 0 bridgehead atoms. The molecule has 0 fully saturated rings. The lowest BCUT2D eigenvalue weighted by Crippen LogP contribution is -2.38. The largest absolute Gasteiger partial charge is 0.396 e. The van der Waals surface area contributed by atoms with Gasteiger partial charge >= 0.3 is 0 Å². The van der Waals surface area contributed by atoms with E-state index in [1.54, 1.807) is 12.1 Å². The third-order valence-electron chi connectivity index (χ3n) is 2.79. The Morgan fingerprint density at radius 3 is 2.71 bits per heavy atom. The second-order valence-corrected chi connectivity index (χ2v) is 5.44. The maximum absolute atomic E-state index is 13.0. The third kappa shape index (κ3) is 5.29. The fourth-order valence-electron chi connectivity index (χ4n) is 1.60. The highest BCUT2D eigenvalue weighted by atomic mass is 19.1. The second-order valence-electron chi connectivity index (χ2n) is 5.44. The highest BCUT2D eigenvalue weighted by Gasteiger charge is 2.17. The van der Waals surface area contributed by atoms with E-state index in [1.807, 2.05) is 19.9 Å². The molecule has 0 aliphatic heterocycles. The average molecular weight is 239 g/mol. The summed E-state index contributed by atoms with van der Waals surface area (Å²) < 4.78 is 13.0. The predicted octanol–water partition coefficient (Wildman–Crippen LogP) is 2.36. The summed E-state index contributed by atoms with van der Waals surface area (Å²) in [5.74, 6) is -0.189. The van der Waals surface area contributed by atoms with Crippen LogP contribution in [-0.4, -0.2) is 24.3 Å². The van der Waals surface area contributed by atoms with Crippen molar-refractivity contribution in [3.05, 3.63) is 35.6 Å². The van der Waals surface area contributed by atoms with Gasteiger partial charge in [-0.3, -0.25) is 0 Å². The first-order valence-electron chi connectivity index (χ1n) is 6.02. The molecule has 0 amide bonds. The average Bonchev–Trinajstić information content (AvgIpc) is 2.27. The van der Waals surface area contributed by atoms with Crippen LogP contribution in [0, 0.1) is 11.2 Å². The van der Waals surface area contributed by atoms with Crippen LogP contribution in [0.15, 0.2) is 24.3 Å². The number of benzene rings is 1. The number of aliphatic hydroxyl groups is 1. The van der Waals surface area contributed by atoms with E-state index in [1.165, 1.54) is 6.07 Å². The van der Waals surface area contributed by atoms with E-state index >= 15 is 0 Å². The lowest BCUT2D eigenvalue weighted by atomic mass is 9.94. The summed E-state index contributed by atoms with van der Waals surface area (Å²) in [5, 5.41) is 12.5. The van der Waals surface area contributed by atoms with Crippen LogP contribution < -0.4 is 5.32 Å². The van der Waals surface area contributed by atoms with Gasteiger partial charge in [-0.05, 0) is 31.0 Å². The van der Waals surface area contributed by atoms with Crippen LogP contribution in [0.3, 0.4) is 0 Å². The van der Waals surface area contributed by atoms with Crippen molar-refractivity contribution in [3.63, 3.8) is 0 Å². The Morgan fingerprint density at radius 2 is 2.12 bits per heavy atom. The van der Waals surface area contributed by atoms with Crippen molar-refractivity contribution >= 4 is 0 Å². The number of hydrogen-bond donors (Lipinski definition) is 2. The van der Waals surface area contributed by atoms with Gasteiger partial charge in [0.2, 0.25) is 0 Å². The van der Waals surface area contributed by atoms with Crippen molar-refractivity contribution in [1.29, 1.82) is 0 Å². The molecule has 17 heavy (non-hydrogen) atoms. The summed E-state index contributed by atoms with van der Waals surface area (Å²) in [4.78, 5) is 0. The van der Waals surface area contributed by atoms with Gasteiger partial charge in [0.15, 0.2) is 0 Å². The van der Waals surface area contributed by atoms with Crippen LogP contribution >= 0.6 is 0 Å². The lowest BCUT2D eigenvalue weighted by Gasteiger charge is -2.25. The van der Waals surface area contributed by atoms with Gasteiger partial charge in [0.05, 0.1) is 0 Å². The zero-order valence-corrected chi connectivity index (χ0v) is 10.8. The van der Waals surface area contributed by atoms with Crippen molar-refractivity contribution in [3.8, 4) is 0 Å². The molecule has 1 aromatic carbocycles. The van der Waals surface area contributed by atoms with E-state index in [0.717, 1.165) is 18.5 Å². The van der Waals surface area contributed by atoms with Gasteiger partial charge in [-0.1, -0.05) is 26.0 Å². The van der Waals surface area contributed by atoms with Crippen LogP contribution in [0.1, 0.15) is 26.3 Å². The van der Waals surface area contributed by atoms with Gasteiger partial charge in [0, 0.05) is 24.6 Å². The summed E-state index contributed by atoms with van der Waals surface area (Å²) in [5.41, 5.74) is 0.878. The van der Waals surface area contributed by atoms with Crippen molar-refractivity contribution < 1.29 is 9.50 Å². The van der Waals surface area contributed by atoms with Crippen LogP contribution in [0.2, 0.25) is 0 Å². The molecular formula is C14H22FNO. The van der Waals surface area contributed by atoms with E-state index in [9.17, 15) is 4.39 Å². The zero-order chi connectivity index (χ0) is 12.9. The van der Waals surface area contributed by atoms with E-state index in [-0.39, 0.29) is 23.9 Å². The fraction of sp³-hybridized carbons (Fsp3) is 0.571. The molecule has 0 heterocycles. The molecule has 0 spiro atoms. The van der Waals surface area contributed by atoms with Crippen LogP contribution in [0.25, 0.3) is 0 Å². The van der Waals surface area contributed by atoms with E-state index in [4.69, 9.17) is 5.11 Å². The van der Waals surface area contributed by atoms with Crippen molar-refractivity contribution in [2.24, 2.45) is 5.41 Å². The minimum atomic E-state index is -0.189. The number of hydrogen-bond acceptors (Lipinski definition) is 2. The molecule has 0 aliphatic carbocycles. The summed E-state index contributed by atoms with van der Waals surface area (Å²) >= 11 is 0. The van der Waals surface area contributed by atoms with Crippen LogP contribution in [0.4, 0.5) is 4.39 Å². The maximum atomic E-state index is 13.0. The lowest BCUT2D eigenvalue weighted by molar-refractivity contribution is 0.154. The molecule has 3 heteroatoms. The molecule has 1 unspecified atom stereocenters. The summed E-state index contributed by atoms with van der Waals surface area (Å²) in [7, 11) is 0. The van der Waals surface area contributed by atoms with Gasteiger partial charge in [-0.25, -0.2) is 4.39 Å². The molecule has 1 aromatic rings. The minimum Gasteiger partial charge on any atom is -0.396 e. The van der Waals surface area contributed by atoms with E-state index in [2.05, 4.69) is 12.2 Å². The SMILES string of the molecule is CC(Cc1cccc(F)c1)NCC(C)(C)CO. The molecule has 1 rings (SSSR count). The smallest absolute Gasteiger partial charge is 0.123 e. The molecule has 2 nitrogen and oxygen atoms in total. The molecule has 0 saturated heterocycles. The molecule has 0 aliphatic rings. The number of rotatable bonds is 6. The normalized spacial score (nSPS) is 13.7. The quantitative estimate of drug-likeness (QED) is 0.798. The molecule has 0 aromatic heterocycles. The van der Waals surface area contributed by atoms with Crippen LogP contribution in [0.5, 0.6) is 0 Å². The molecule has 2 N–H and O–H groups in total. The Bertz CT molecular complexity index is 352. The van der Waals surface area contributed by atoms with Gasteiger partial charge < -0.3 is 10.4 Å². The first-order chi connectivity index (χ1) is 7.93. The number of halogens is 1. The topological polar surface area (TPSA) is 32.3 Å². The standard InChI is InChI=1S/C14H22FNO/c1-11(16-9-14(2,3)10-17)7-12-5-4-6-13(15)8-12/h4-6,8,11,16-17H,7,9-10H2,1-3H3. The van der Waals surface area contributed by atoms with Crippen molar-refractivity contribution in [2.75, 3.05) is 13.2 Å². The predicted molar refractivity (Wildman–Crippen MR) is 68.4 cm³/mol. The summed E-state index contributed by atoms with van der Waals surface area (Å²) in [6.07, 6.45) is 0.791. The Balaban J connectivity index is 2.42. The molecule has 96 valence electrons. The van der Waals surface area contributed by atoms with Gasteiger partial charge in [0.1, 0.15) is 5.82 Å². The van der Waals surface area contributed by atoms with E-state index < -0.39 is 0 Å². The fourth-order valence-corrected chi connectivity index (χ4v) is 1.60. The monoisotopic (exact) mass is 239 g/mol. The van der Waals surface area contributed by atoms with E-state index in [0.29, 0.717) is 0 Å². The molecule has 1 atom stereocenters. The van der Waals surface area contributed by atoms with Crippen molar-refractivity contribution in [1.82, 2.24) is 5.32 Å². The molecule has 0 radical (unpaired) electrons. The van der Waals surface area contributed by atoms with Gasteiger partial charge in [-0.15, -0.1) is 0 Å². The summed E-state index contributed by atoms with van der Waals surface area (Å²) in [6, 6.07) is 6.95. The molecule has 0 saturated carbocycles. The Labute approximate surface area is 103 Å². The summed E-state index contributed by atoms with van der Waals surface area (Å²) in [6.45, 7) is 6.99. The Hall–Kier alpha value is -0.930. The first-order valence-corrected chi connectivity index (χ1v) is 6.02. The Morgan fingerprint density at radius 1 is 1.41 bits per heavy atom. The first kappa shape index (κ1) is 14.1. The highest BCUT2D eigenvalue weighted by molar-refractivity contribution is 5.17.